The van der Waals surface area contributed by atoms with Gasteiger partial charge in [-0.3, -0.25) is 0 Å². The normalized spacial score (nSPS) is 10.5. The van der Waals surface area contributed by atoms with E-state index in [1.165, 1.54) is 32.1 Å². The molecule has 0 fully saturated rings. The van der Waals surface area contributed by atoms with E-state index in [2.05, 4.69) is 6.92 Å². The molecule has 3 heteroatoms. The van der Waals surface area contributed by atoms with Crippen LogP contribution in [0.15, 0.2) is 18.2 Å². The van der Waals surface area contributed by atoms with Crippen LogP contribution >= 0.6 is 11.6 Å². The molecule has 0 aliphatic rings. The molecule has 1 aromatic rings. The van der Waals surface area contributed by atoms with Crippen LogP contribution in [0.25, 0.3) is 0 Å². The van der Waals surface area contributed by atoms with Crippen LogP contribution in [-0.4, -0.2) is 6.61 Å². The monoisotopic (exact) mass is 255 g/mol. The quantitative estimate of drug-likeness (QED) is 0.542. The van der Waals surface area contributed by atoms with E-state index in [-0.39, 0.29) is 0 Å². The van der Waals surface area contributed by atoms with Crippen molar-refractivity contribution >= 4 is 17.3 Å². The molecule has 0 heterocycles. The van der Waals surface area contributed by atoms with Gasteiger partial charge in [-0.25, -0.2) is 0 Å². The van der Waals surface area contributed by atoms with Gasteiger partial charge in [0.25, 0.3) is 0 Å². The number of rotatable bonds is 8. The number of nitrogen functional groups attached to an aromatic ring is 1. The van der Waals surface area contributed by atoms with Crippen molar-refractivity contribution < 1.29 is 4.74 Å². The van der Waals surface area contributed by atoms with Crippen molar-refractivity contribution in [3.8, 4) is 5.75 Å². The van der Waals surface area contributed by atoms with E-state index in [0.29, 0.717) is 16.5 Å². The van der Waals surface area contributed by atoms with Crippen LogP contribution in [-0.2, 0) is 0 Å². The zero-order valence-electron chi connectivity index (χ0n) is 10.5. The maximum Gasteiger partial charge on any atom is 0.143 e. The predicted molar refractivity (Wildman–Crippen MR) is 74.7 cm³/mol. The molecule has 0 aromatic heterocycles. The van der Waals surface area contributed by atoms with Crippen LogP contribution < -0.4 is 10.5 Å². The number of hydrogen-bond donors (Lipinski definition) is 1. The number of anilines is 1. The molecule has 0 spiro atoms. The minimum Gasteiger partial charge on any atom is -0.491 e. The van der Waals surface area contributed by atoms with Gasteiger partial charge in [-0.15, -0.1) is 0 Å². The van der Waals surface area contributed by atoms with Crippen molar-refractivity contribution in [2.75, 3.05) is 12.3 Å². The summed E-state index contributed by atoms with van der Waals surface area (Å²) in [5.74, 6) is 0.700. The average molecular weight is 256 g/mol. The Kier molecular flexibility index (Phi) is 6.87. The molecular weight excluding hydrogens is 234 g/mol. The Hall–Kier alpha value is -0.890. The van der Waals surface area contributed by atoms with Crippen LogP contribution in [0.1, 0.15) is 45.4 Å². The molecule has 1 rings (SSSR count). The molecular formula is C14H22ClNO. The highest BCUT2D eigenvalue weighted by Crippen LogP contribution is 2.25. The summed E-state index contributed by atoms with van der Waals surface area (Å²) in [6, 6.07) is 5.32. The average Bonchev–Trinajstić information content (AvgIpc) is 2.32. The maximum absolute atomic E-state index is 5.88. The van der Waals surface area contributed by atoms with Crippen LogP contribution in [0.2, 0.25) is 5.02 Å². The topological polar surface area (TPSA) is 35.2 Å². The Labute approximate surface area is 109 Å². The molecule has 0 unspecified atom stereocenters. The first-order valence-electron chi connectivity index (χ1n) is 6.42. The largest absolute Gasteiger partial charge is 0.491 e. The third-order valence-corrected chi connectivity index (χ3v) is 2.97. The second kappa shape index (κ2) is 8.24. The first-order valence-corrected chi connectivity index (χ1v) is 6.79. The molecule has 0 radical (unpaired) electrons. The lowest BCUT2D eigenvalue weighted by atomic mass is 10.1. The van der Waals surface area contributed by atoms with Crippen LogP contribution in [0.5, 0.6) is 5.75 Å². The fourth-order valence-electron chi connectivity index (χ4n) is 1.70. The number of unbranched alkanes of at least 4 members (excludes halogenated alkanes) is 5. The minimum atomic E-state index is 0.653. The Balaban J connectivity index is 2.15. The summed E-state index contributed by atoms with van der Waals surface area (Å²) >= 11 is 5.88. The number of nitrogens with two attached hydrogens (primary N) is 1. The molecule has 0 atom stereocenters. The van der Waals surface area contributed by atoms with Crippen molar-refractivity contribution in [1.29, 1.82) is 0 Å². The summed E-state index contributed by atoms with van der Waals surface area (Å²) in [5, 5.41) is 0.664. The highest BCUT2D eigenvalue weighted by atomic mass is 35.5. The summed E-state index contributed by atoms with van der Waals surface area (Å²) in [5.41, 5.74) is 6.44. The molecule has 96 valence electrons. The van der Waals surface area contributed by atoms with Gasteiger partial charge in [-0.2, -0.15) is 0 Å². The van der Waals surface area contributed by atoms with Gasteiger partial charge in [0.15, 0.2) is 0 Å². The van der Waals surface area contributed by atoms with Gasteiger partial charge < -0.3 is 10.5 Å². The molecule has 2 nitrogen and oxygen atoms in total. The summed E-state index contributed by atoms with van der Waals surface area (Å²) in [4.78, 5) is 0. The first kappa shape index (κ1) is 14.2. The van der Waals surface area contributed by atoms with Crippen molar-refractivity contribution in [2.24, 2.45) is 0 Å². The van der Waals surface area contributed by atoms with Crippen molar-refractivity contribution in [3.05, 3.63) is 23.2 Å². The lowest BCUT2D eigenvalue weighted by Gasteiger charge is -2.09. The van der Waals surface area contributed by atoms with Crippen LogP contribution in [0.3, 0.4) is 0 Å². The van der Waals surface area contributed by atoms with Gasteiger partial charge in [0.05, 0.1) is 12.3 Å². The lowest BCUT2D eigenvalue weighted by molar-refractivity contribution is 0.306. The van der Waals surface area contributed by atoms with Crippen LogP contribution in [0.4, 0.5) is 5.69 Å². The number of halogens is 1. The molecule has 0 saturated heterocycles. The van der Waals surface area contributed by atoms with E-state index in [1.54, 1.807) is 18.2 Å². The number of hydrogen-bond acceptors (Lipinski definition) is 2. The van der Waals surface area contributed by atoms with Crippen molar-refractivity contribution in [3.63, 3.8) is 0 Å². The van der Waals surface area contributed by atoms with Gasteiger partial charge in [-0.05, 0) is 18.6 Å². The minimum absolute atomic E-state index is 0.653. The summed E-state index contributed by atoms with van der Waals surface area (Å²) in [6.07, 6.45) is 7.55. The fraction of sp³-hybridized carbons (Fsp3) is 0.571. The van der Waals surface area contributed by atoms with E-state index in [4.69, 9.17) is 22.1 Å². The van der Waals surface area contributed by atoms with Gasteiger partial charge >= 0.3 is 0 Å². The van der Waals surface area contributed by atoms with Gasteiger partial charge in [0.2, 0.25) is 0 Å². The molecule has 0 aliphatic heterocycles. The molecule has 0 amide bonds. The van der Waals surface area contributed by atoms with E-state index in [0.717, 1.165) is 13.0 Å². The number of benzene rings is 1. The number of ether oxygens (including phenoxy) is 1. The second-order valence-electron chi connectivity index (χ2n) is 4.30. The molecule has 0 bridgehead atoms. The van der Waals surface area contributed by atoms with E-state index < -0.39 is 0 Å². The molecule has 0 aliphatic carbocycles. The first-order chi connectivity index (χ1) is 8.24. The fourth-order valence-corrected chi connectivity index (χ4v) is 1.86. The summed E-state index contributed by atoms with van der Waals surface area (Å²) in [7, 11) is 0. The van der Waals surface area contributed by atoms with Gasteiger partial charge in [-0.1, -0.05) is 50.6 Å². The smallest absolute Gasteiger partial charge is 0.143 e. The van der Waals surface area contributed by atoms with Crippen molar-refractivity contribution in [2.45, 2.75) is 45.4 Å². The standard InChI is InChI=1S/C14H22ClNO/c1-2-3-4-5-6-7-10-17-14-11-12(15)8-9-13(14)16/h8-9,11H,2-7,10,16H2,1H3. The zero-order chi connectivity index (χ0) is 12.5. The third-order valence-electron chi connectivity index (χ3n) is 2.73. The Morgan fingerprint density at radius 2 is 1.82 bits per heavy atom. The molecule has 1 aromatic carbocycles. The predicted octanol–water partition coefficient (Wildman–Crippen LogP) is 4.66. The SMILES string of the molecule is CCCCCCCCOc1cc(Cl)ccc1N. The molecule has 17 heavy (non-hydrogen) atoms. The highest BCUT2D eigenvalue weighted by molar-refractivity contribution is 6.30. The molecule has 0 saturated carbocycles. The Morgan fingerprint density at radius 1 is 1.12 bits per heavy atom. The highest BCUT2D eigenvalue weighted by Gasteiger charge is 2.00. The van der Waals surface area contributed by atoms with Gasteiger partial charge in [0.1, 0.15) is 5.75 Å². The van der Waals surface area contributed by atoms with Gasteiger partial charge in [0, 0.05) is 11.1 Å². The Morgan fingerprint density at radius 3 is 2.59 bits per heavy atom. The lowest BCUT2D eigenvalue weighted by Crippen LogP contribution is -2.00. The molecule has 2 N–H and O–H groups in total. The van der Waals surface area contributed by atoms with E-state index >= 15 is 0 Å². The second-order valence-corrected chi connectivity index (χ2v) is 4.73. The van der Waals surface area contributed by atoms with E-state index in [9.17, 15) is 0 Å². The maximum atomic E-state index is 5.88. The zero-order valence-corrected chi connectivity index (χ0v) is 11.3. The summed E-state index contributed by atoms with van der Waals surface area (Å²) < 4.78 is 5.61. The Bertz CT molecular complexity index is 328. The van der Waals surface area contributed by atoms with E-state index in [1.807, 2.05) is 0 Å². The van der Waals surface area contributed by atoms with Crippen LogP contribution in [0, 0.1) is 0 Å². The van der Waals surface area contributed by atoms with Crippen molar-refractivity contribution in [1.82, 2.24) is 0 Å². The third kappa shape index (κ3) is 5.83. The summed E-state index contributed by atoms with van der Waals surface area (Å²) in [6.45, 7) is 2.95.